The van der Waals surface area contributed by atoms with Crippen molar-refractivity contribution in [2.75, 3.05) is 5.32 Å². The van der Waals surface area contributed by atoms with Crippen LogP contribution in [0.15, 0.2) is 57.8 Å². The van der Waals surface area contributed by atoms with Gasteiger partial charge in [0.2, 0.25) is 11.0 Å². The lowest BCUT2D eigenvalue weighted by Crippen LogP contribution is -2.22. The van der Waals surface area contributed by atoms with Crippen molar-refractivity contribution >= 4 is 51.6 Å². The number of non-ortho nitro benzene ring substituents is 1. The van der Waals surface area contributed by atoms with Gasteiger partial charge in [-0.15, -0.1) is 22.0 Å². The molecule has 0 radical (unpaired) electrons. The van der Waals surface area contributed by atoms with Crippen LogP contribution in [0.2, 0.25) is 0 Å². The highest BCUT2D eigenvalue weighted by Crippen LogP contribution is 2.30. The van der Waals surface area contributed by atoms with Crippen molar-refractivity contribution in [3.63, 3.8) is 0 Å². The molecule has 0 aliphatic carbocycles. The first-order chi connectivity index (χ1) is 14.4. The van der Waals surface area contributed by atoms with E-state index in [1.807, 2.05) is 12.1 Å². The third-order valence-corrected chi connectivity index (χ3v) is 6.97. The average molecular weight is 458 g/mol. The van der Waals surface area contributed by atoms with E-state index in [1.54, 1.807) is 31.2 Å². The van der Waals surface area contributed by atoms with Crippen LogP contribution in [0.3, 0.4) is 0 Å². The largest absolute Gasteiger partial charge is 0.300 e. The molecule has 0 fully saturated rings. The van der Waals surface area contributed by atoms with Gasteiger partial charge in [-0.2, -0.15) is 5.26 Å². The maximum atomic E-state index is 12.4. The minimum absolute atomic E-state index is 0.0105. The second-order valence-corrected chi connectivity index (χ2v) is 9.59. The molecule has 0 saturated heterocycles. The molecule has 1 atom stereocenters. The van der Waals surface area contributed by atoms with Crippen molar-refractivity contribution in [2.45, 2.75) is 27.2 Å². The predicted molar refractivity (Wildman–Crippen MR) is 118 cm³/mol. The van der Waals surface area contributed by atoms with Gasteiger partial charge in [0.05, 0.1) is 21.8 Å². The smallest absolute Gasteiger partial charge is 0.269 e. The summed E-state index contributed by atoms with van der Waals surface area (Å²) in [5.74, 6) is 0.457. The number of nitrogens with one attached hydrogen (secondary N) is 1. The van der Waals surface area contributed by atoms with Gasteiger partial charge in [-0.05, 0) is 36.8 Å². The SMILES string of the molecule is CC(Sc1ccc([N+](=O)[O-])cc1)C(=O)Nc1nnc(SCc2ccc(C#N)cc2)s1. The Morgan fingerprint density at radius 2 is 1.93 bits per heavy atom. The third kappa shape index (κ3) is 6.03. The molecule has 8 nitrogen and oxygen atoms in total. The summed E-state index contributed by atoms with van der Waals surface area (Å²) < 4.78 is 0.727. The van der Waals surface area contributed by atoms with Crippen molar-refractivity contribution < 1.29 is 9.72 Å². The summed E-state index contributed by atoms with van der Waals surface area (Å²) in [6.07, 6.45) is 0. The van der Waals surface area contributed by atoms with Gasteiger partial charge in [-0.25, -0.2) is 0 Å². The van der Waals surface area contributed by atoms with Crippen molar-refractivity contribution in [3.8, 4) is 6.07 Å². The highest BCUT2D eigenvalue weighted by molar-refractivity contribution is 8.00. The minimum Gasteiger partial charge on any atom is -0.300 e. The Hall–Kier alpha value is -2.94. The van der Waals surface area contributed by atoms with E-state index in [0.717, 1.165) is 14.8 Å². The quantitative estimate of drug-likeness (QED) is 0.223. The van der Waals surface area contributed by atoms with E-state index in [9.17, 15) is 14.9 Å². The molecule has 0 saturated carbocycles. The van der Waals surface area contributed by atoms with Gasteiger partial charge >= 0.3 is 0 Å². The van der Waals surface area contributed by atoms with E-state index in [0.29, 0.717) is 16.4 Å². The van der Waals surface area contributed by atoms with E-state index in [1.165, 1.54) is 47.0 Å². The van der Waals surface area contributed by atoms with Crippen molar-refractivity contribution in [3.05, 3.63) is 69.8 Å². The number of benzene rings is 2. The minimum atomic E-state index is -0.461. The molecule has 1 heterocycles. The number of hydrogen-bond acceptors (Lipinski definition) is 9. The van der Waals surface area contributed by atoms with Crippen LogP contribution in [0.25, 0.3) is 0 Å². The van der Waals surface area contributed by atoms with Crippen LogP contribution in [-0.2, 0) is 10.5 Å². The van der Waals surface area contributed by atoms with Gasteiger partial charge in [0.25, 0.3) is 5.69 Å². The number of thioether (sulfide) groups is 2. The molecule has 30 heavy (non-hydrogen) atoms. The van der Waals surface area contributed by atoms with Crippen LogP contribution in [0.1, 0.15) is 18.1 Å². The van der Waals surface area contributed by atoms with Gasteiger partial charge in [0.15, 0.2) is 4.34 Å². The first-order valence-corrected chi connectivity index (χ1v) is 11.3. The van der Waals surface area contributed by atoms with Crippen LogP contribution < -0.4 is 5.32 Å². The summed E-state index contributed by atoms with van der Waals surface area (Å²) >= 11 is 4.09. The second-order valence-electron chi connectivity index (χ2n) is 5.97. The van der Waals surface area contributed by atoms with Crippen LogP contribution in [0.5, 0.6) is 0 Å². The molecule has 152 valence electrons. The maximum absolute atomic E-state index is 12.4. The van der Waals surface area contributed by atoms with Crippen molar-refractivity contribution in [1.29, 1.82) is 5.26 Å². The van der Waals surface area contributed by atoms with E-state index in [2.05, 4.69) is 21.6 Å². The maximum Gasteiger partial charge on any atom is 0.269 e. The third-order valence-electron chi connectivity index (χ3n) is 3.81. The average Bonchev–Trinajstić information content (AvgIpc) is 3.20. The summed E-state index contributed by atoms with van der Waals surface area (Å²) in [5, 5.41) is 30.4. The number of amides is 1. The Balaban J connectivity index is 1.50. The molecule has 0 aliphatic heterocycles. The first kappa shape index (κ1) is 21.8. The highest BCUT2D eigenvalue weighted by Gasteiger charge is 2.17. The fraction of sp³-hybridized carbons (Fsp3) is 0.158. The van der Waals surface area contributed by atoms with Crippen LogP contribution >= 0.6 is 34.9 Å². The number of nitro benzene ring substituents is 1. The summed E-state index contributed by atoms with van der Waals surface area (Å²) in [5.41, 5.74) is 1.69. The normalized spacial score (nSPS) is 11.5. The molecule has 2 aromatic carbocycles. The lowest BCUT2D eigenvalue weighted by atomic mass is 10.2. The molecule has 3 aromatic rings. The zero-order valence-corrected chi connectivity index (χ0v) is 18.1. The zero-order valence-electron chi connectivity index (χ0n) is 15.6. The molecule has 1 aromatic heterocycles. The lowest BCUT2D eigenvalue weighted by molar-refractivity contribution is -0.384. The Morgan fingerprint density at radius 1 is 1.23 bits per heavy atom. The zero-order chi connectivity index (χ0) is 21.5. The number of anilines is 1. The van der Waals surface area contributed by atoms with Crippen LogP contribution in [0, 0.1) is 21.4 Å². The fourth-order valence-electron chi connectivity index (χ4n) is 2.25. The predicted octanol–water partition coefficient (Wildman–Crippen LogP) is 4.73. The summed E-state index contributed by atoms with van der Waals surface area (Å²) in [7, 11) is 0. The number of carbonyl (C=O) groups is 1. The molecule has 1 N–H and O–H groups in total. The van der Waals surface area contributed by atoms with Crippen LogP contribution in [-0.4, -0.2) is 26.3 Å². The Kier molecular flexibility index (Phi) is 7.40. The Bertz CT molecular complexity index is 1080. The standard InChI is InChI=1S/C19H15N5O3S3/c1-12(29-16-8-6-15(7-9-16)24(26)27)17(25)21-18-22-23-19(30-18)28-11-14-4-2-13(10-20)3-5-14/h2-9,12H,11H2,1H3,(H,21,22,25). The van der Waals surface area contributed by atoms with Gasteiger partial charge < -0.3 is 0 Å². The first-order valence-electron chi connectivity index (χ1n) is 8.62. The number of nitriles is 1. The van der Waals surface area contributed by atoms with Gasteiger partial charge in [0, 0.05) is 22.8 Å². The summed E-state index contributed by atoms with van der Waals surface area (Å²) in [4.78, 5) is 23.4. The number of hydrogen-bond donors (Lipinski definition) is 1. The number of rotatable bonds is 8. The van der Waals surface area contributed by atoms with E-state index in [-0.39, 0.29) is 11.6 Å². The molecule has 0 spiro atoms. The summed E-state index contributed by atoms with van der Waals surface area (Å²) in [6.45, 7) is 1.75. The van der Waals surface area contributed by atoms with Gasteiger partial charge in [0.1, 0.15) is 0 Å². The van der Waals surface area contributed by atoms with Gasteiger partial charge in [-0.1, -0.05) is 35.2 Å². The molecule has 1 unspecified atom stereocenters. The van der Waals surface area contributed by atoms with E-state index in [4.69, 9.17) is 5.26 Å². The molecule has 1 amide bonds. The summed E-state index contributed by atoms with van der Waals surface area (Å²) in [6, 6.07) is 15.5. The van der Waals surface area contributed by atoms with Gasteiger partial charge in [-0.3, -0.25) is 20.2 Å². The molecule has 3 rings (SSSR count). The van der Waals surface area contributed by atoms with Crippen molar-refractivity contribution in [2.24, 2.45) is 0 Å². The monoisotopic (exact) mass is 457 g/mol. The van der Waals surface area contributed by atoms with E-state index >= 15 is 0 Å². The molecule has 0 aliphatic rings. The van der Waals surface area contributed by atoms with Crippen molar-refractivity contribution in [1.82, 2.24) is 10.2 Å². The molecular weight excluding hydrogens is 442 g/mol. The highest BCUT2D eigenvalue weighted by atomic mass is 32.2. The molecule has 11 heteroatoms. The number of nitrogens with zero attached hydrogens (tertiary/aromatic N) is 4. The number of nitro groups is 1. The van der Waals surface area contributed by atoms with Crippen LogP contribution in [0.4, 0.5) is 10.8 Å². The van der Waals surface area contributed by atoms with E-state index < -0.39 is 10.2 Å². The second kappa shape index (κ2) is 10.2. The number of aromatic nitrogens is 2. The fourth-order valence-corrected chi connectivity index (χ4v) is 4.83. The topological polar surface area (TPSA) is 122 Å². The molecule has 0 bridgehead atoms. The Labute approximate surface area is 184 Å². The lowest BCUT2D eigenvalue weighted by Gasteiger charge is -2.09. The number of carbonyl (C=O) groups excluding carboxylic acids is 1. The Morgan fingerprint density at radius 3 is 2.57 bits per heavy atom. The molecular formula is C19H15N5O3S3.